The number of halogens is 3. The molecule has 0 radical (unpaired) electrons. The Bertz CT molecular complexity index is 1540. The third-order valence-corrected chi connectivity index (χ3v) is 9.10. The van der Waals surface area contributed by atoms with E-state index in [9.17, 15) is 31.6 Å². The summed E-state index contributed by atoms with van der Waals surface area (Å²) in [6.45, 7) is 1.42. The Labute approximate surface area is 217 Å². The van der Waals surface area contributed by atoms with Crippen molar-refractivity contribution in [2.24, 2.45) is 0 Å². The molecule has 1 unspecified atom stereocenters. The number of carbonyl (C=O) groups is 1. The van der Waals surface area contributed by atoms with Gasteiger partial charge in [-0.2, -0.15) is 13.2 Å². The largest absolute Gasteiger partial charge is 0.412 e. The summed E-state index contributed by atoms with van der Waals surface area (Å²) in [6, 6.07) is 12.7. The Hall–Kier alpha value is -3.96. The van der Waals surface area contributed by atoms with Crippen molar-refractivity contribution in [1.82, 2.24) is 10.5 Å². The molecule has 1 aliphatic rings. The van der Waals surface area contributed by atoms with Crippen LogP contribution < -0.4 is 11.2 Å². The fourth-order valence-corrected chi connectivity index (χ4v) is 6.45. The van der Waals surface area contributed by atoms with E-state index in [1.165, 1.54) is 30.9 Å². The Morgan fingerprint density at radius 2 is 1.89 bits per heavy atom. The molecule has 198 valence electrons. The number of rotatable bonds is 6. The zero-order valence-electron chi connectivity index (χ0n) is 20.2. The highest BCUT2D eigenvalue weighted by molar-refractivity contribution is 7.93. The van der Waals surface area contributed by atoms with E-state index in [1.54, 1.807) is 42.5 Å². The number of aromatic nitrogens is 1. The highest BCUT2D eigenvalue weighted by Gasteiger charge is 2.63. The molecular formula is C27H24F3N3O4S. The molecule has 1 amide bonds. The summed E-state index contributed by atoms with van der Waals surface area (Å²) in [5.74, 6) is -1.09. The van der Waals surface area contributed by atoms with Gasteiger partial charge >= 0.3 is 6.18 Å². The number of amides is 1. The molecule has 0 fully saturated rings. The number of carbonyl (C=O) groups excluding carboxylic acids is 1. The van der Waals surface area contributed by atoms with Gasteiger partial charge < -0.3 is 5.73 Å². The fourth-order valence-electron chi connectivity index (χ4n) is 4.49. The van der Waals surface area contributed by atoms with E-state index >= 15 is 0 Å². The van der Waals surface area contributed by atoms with Crippen molar-refractivity contribution in [2.75, 3.05) is 5.73 Å². The molecule has 7 nitrogen and oxygen atoms in total. The monoisotopic (exact) mass is 543 g/mol. The molecule has 11 heteroatoms. The van der Waals surface area contributed by atoms with Crippen molar-refractivity contribution in [1.29, 1.82) is 0 Å². The Balaban J connectivity index is 1.88. The molecule has 0 saturated carbocycles. The molecule has 2 aromatic carbocycles. The van der Waals surface area contributed by atoms with E-state index in [0.717, 1.165) is 12.1 Å². The number of nitrogens with zero attached hydrogens (tertiary/aromatic N) is 1. The van der Waals surface area contributed by atoms with Crippen LogP contribution in [-0.2, 0) is 16.3 Å². The van der Waals surface area contributed by atoms with Crippen LogP contribution in [0.15, 0.2) is 84.0 Å². The Morgan fingerprint density at radius 1 is 1.18 bits per heavy atom. The summed E-state index contributed by atoms with van der Waals surface area (Å²) in [7, 11) is -5.25. The zero-order valence-corrected chi connectivity index (χ0v) is 21.0. The predicted molar refractivity (Wildman–Crippen MR) is 136 cm³/mol. The molecule has 4 N–H and O–H groups in total. The molecule has 1 heterocycles. The third kappa shape index (κ3) is 4.59. The van der Waals surface area contributed by atoms with E-state index in [2.05, 4.69) is 4.98 Å². The molecule has 1 aromatic heterocycles. The second-order valence-electron chi connectivity index (χ2n) is 8.87. The van der Waals surface area contributed by atoms with Gasteiger partial charge in [0.2, 0.25) is 0 Å². The van der Waals surface area contributed by atoms with Crippen LogP contribution in [0.25, 0.3) is 5.57 Å². The van der Waals surface area contributed by atoms with Crippen LogP contribution in [-0.4, -0.2) is 35.4 Å². The number of anilines is 1. The molecule has 1 atom stereocenters. The first kappa shape index (κ1) is 27.1. The minimum atomic E-state index is -5.25. The molecule has 0 spiro atoms. The lowest BCUT2D eigenvalue weighted by atomic mass is 9.92. The minimum Gasteiger partial charge on any atom is -0.397 e. The van der Waals surface area contributed by atoms with Crippen LogP contribution in [0.4, 0.5) is 18.9 Å². The van der Waals surface area contributed by atoms with Gasteiger partial charge in [0.15, 0.2) is 14.6 Å². The number of hydrogen-bond donors (Lipinski definition) is 3. The van der Waals surface area contributed by atoms with Crippen LogP contribution >= 0.6 is 0 Å². The fraction of sp³-hybridized carbons (Fsp3) is 0.185. The lowest BCUT2D eigenvalue weighted by Gasteiger charge is -2.34. The molecule has 0 bridgehead atoms. The van der Waals surface area contributed by atoms with Gasteiger partial charge in [0.1, 0.15) is 0 Å². The quantitative estimate of drug-likeness (QED) is 0.233. The van der Waals surface area contributed by atoms with E-state index in [1.807, 2.05) is 0 Å². The smallest absolute Gasteiger partial charge is 0.397 e. The highest BCUT2D eigenvalue weighted by atomic mass is 32.2. The van der Waals surface area contributed by atoms with Crippen molar-refractivity contribution in [3.63, 3.8) is 0 Å². The molecule has 3 aromatic rings. The van der Waals surface area contributed by atoms with Crippen molar-refractivity contribution in [3.05, 3.63) is 107 Å². The van der Waals surface area contributed by atoms with Gasteiger partial charge in [0.25, 0.3) is 5.91 Å². The normalized spacial score (nSPS) is 17.7. The van der Waals surface area contributed by atoms with Crippen molar-refractivity contribution < 1.29 is 31.6 Å². The summed E-state index contributed by atoms with van der Waals surface area (Å²) < 4.78 is 68.1. The number of allylic oxidation sites excluding steroid dienone is 3. The van der Waals surface area contributed by atoms with Crippen molar-refractivity contribution in [3.8, 4) is 0 Å². The molecule has 0 saturated heterocycles. The summed E-state index contributed by atoms with van der Waals surface area (Å²) in [6.07, 6.45) is 0.00465. The van der Waals surface area contributed by atoms with E-state index < -0.39 is 43.7 Å². The lowest BCUT2D eigenvalue weighted by Crippen LogP contribution is -2.51. The van der Waals surface area contributed by atoms with Crippen LogP contribution in [0.5, 0.6) is 0 Å². The van der Waals surface area contributed by atoms with Gasteiger partial charge in [-0.1, -0.05) is 54.6 Å². The minimum absolute atomic E-state index is 0.0699. The topological polar surface area (TPSA) is 122 Å². The summed E-state index contributed by atoms with van der Waals surface area (Å²) in [4.78, 5) is 15.7. The first-order valence-corrected chi connectivity index (χ1v) is 12.9. The maximum atomic E-state index is 14.6. The van der Waals surface area contributed by atoms with Crippen molar-refractivity contribution in [2.45, 2.75) is 35.6 Å². The maximum Gasteiger partial charge on any atom is 0.412 e. The number of hydrogen-bond acceptors (Lipinski definition) is 6. The lowest BCUT2D eigenvalue weighted by molar-refractivity contribution is -0.149. The zero-order chi connectivity index (χ0) is 27.7. The average molecular weight is 544 g/mol. The van der Waals surface area contributed by atoms with Gasteiger partial charge in [0.05, 0.1) is 10.6 Å². The van der Waals surface area contributed by atoms with Gasteiger partial charge in [-0.15, -0.1) is 0 Å². The second-order valence-corrected chi connectivity index (χ2v) is 11.0. The third-order valence-electron chi connectivity index (χ3n) is 6.69. The van der Waals surface area contributed by atoms with Crippen LogP contribution in [0, 0.1) is 6.92 Å². The maximum absolute atomic E-state index is 14.6. The summed E-state index contributed by atoms with van der Waals surface area (Å²) >= 11 is 0. The number of pyridine rings is 1. The van der Waals surface area contributed by atoms with E-state index in [-0.39, 0.29) is 23.1 Å². The standard InChI is InChI=1S/C27H24F3N3O4S/c1-17-21(14-18-6-5-13-32-16-18)22(25(34)33-35)15-23(24(17)31)38(36,37)26(27(28,29)30)11-9-20(10-12-26)19-7-3-2-4-8-19/h2-11,13,15-16,35H,12,14,31H2,1H3,(H,33,34). The second kappa shape index (κ2) is 10.1. The van der Waals surface area contributed by atoms with Crippen LogP contribution in [0.2, 0.25) is 0 Å². The van der Waals surface area contributed by atoms with Crippen LogP contribution in [0.1, 0.15) is 39.0 Å². The SMILES string of the molecule is Cc1c(N)c(S(=O)(=O)C2(C(F)(F)F)C=CC(c3ccccc3)=CC2)cc(C(=O)NO)c1Cc1cccnc1. The predicted octanol–water partition coefficient (Wildman–Crippen LogP) is 4.80. The number of alkyl halides is 3. The van der Waals surface area contributed by atoms with Gasteiger partial charge in [0, 0.05) is 24.4 Å². The number of nitrogens with two attached hydrogens (primary N) is 1. The molecule has 1 aliphatic carbocycles. The molecule has 38 heavy (non-hydrogen) atoms. The Kier molecular flexibility index (Phi) is 7.18. The molecular weight excluding hydrogens is 519 g/mol. The number of nitrogen functional groups attached to an aromatic ring is 1. The number of hydroxylamine groups is 1. The Morgan fingerprint density at radius 3 is 2.45 bits per heavy atom. The van der Waals surface area contributed by atoms with Gasteiger partial charge in [-0.25, -0.2) is 13.9 Å². The first-order valence-electron chi connectivity index (χ1n) is 11.4. The van der Waals surface area contributed by atoms with Gasteiger partial charge in [-0.05, 0) is 53.3 Å². The number of benzene rings is 2. The van der Waals surface area contributed by atoms with E-state index in [4.69, 9.17) is 5.73 Å². The van der Waals surface area contributed by atoms with Crippen LogP contribution in [0.3, 0.4) is 0 Å². The van der Waals surface area contributed by atoms with Gasteiger partial charge in [-0.3, -0.25) is 15.0 Å². The molecule has 0 aliphatic heterocycles. The number of sulfone groups is 1. The summed E-state index contributed by atoms with van der Waals surface area (Å²) in [5, 5.41) is 9.31. The highest BCUT2D eigenvalue weighted by Crippen LogP contribution is 2.49. The molecule has 4 rings (SSSR count). The van der Waals surface area contributed by atoms with Crippen molar-refractivity contribution >= 4 is 27.0 Å². The first-order chi connectivity index (χ1) is 17.9. The average Bonchev–Trinajstić information content (AvgIpc) is 2.91. The number of nitrogens with one attached hydrogen (secondary N) is 1. The van der Waals surface area contributed by atoms with E-state index in [0.29, 0.717) is 22.8 Å². The summed E-state index contributed by atoms with van der Waals surface area (Å²) in [5.41, 5.74) is 8.93.